The SMILES string of the molecule is C1NO1.C=[NH+][O-]. The summed E-state index contributed by atoms with van der Waals surface area (Å²) in [6.07, 6.45) is 0. The molecule has 4 heteroatoms. The molecule has 36 valence electrons. The van der Waals surface area contributed by atoms with Crippen molar-refractivity contribution >= 4 is 6.72 Å². The van der Waals surface area contributed by atoms with E-state index in [4.69, 9.17) is 5.21 Å². The fraction of sp³-hybridized carbons (Fsp3) is 0.500. The van der Waals surface area contributed by atoms with Gasteiger partial charge in [-0.3, -0.25) is 4.84 Å². The third kappa shape index (κ3) is 127. The van der Waals surface area contributed by atoms with Gasteiger partial charge in [-0.25, -0.2) is 5.16 Å². The summed E-state index contributed by atoms with van der Waals surface area (Å²) in [6.45, 7) is 3.43. The summed E-state index contributed by atoms with van der Waals surface area (Å²) in [5, 5.41) is 9.82. The Balaban J connectivity index is 0.0000000833. The van der Waals surface area contributed by atoms with Crippen LogP contribution in [0.1, 0.15) is 0 Å². The second-order valence-electron chi connectivity index (χ2n) is 0.577. The standard InChI is InChI=1S/2CH3NO/c1-2-3-1;1-2-3/h2*2H,1H2. The molecule has 6 heavy (non-hydrogen) atoms. The Kier molecular flexibility index (Phi) is 3.94. The van der Waals surface area contributed by atoms with Crippen molar-refractivity contribution in [2.75, 3.05) is 6.73 Å². The van der Waals surface area contributed by atoms with Crippen LogP contribution in [0.25, 0.3) is 0 Å². The van der Waals surface area contributed by atoms with Crippen molar-refractivity contribution in [3.05, 3.63) is 5.21 Å². The van der Waals surface area contributed by atoms with Crippen molar-refractivity contribution in [2.45, 2.75) is 0 Å². The van der Waals surface area contributed by atoms with Gasteiger partial charge in [0.2, 0.25) is 0 Å². The van der Waals surface area contributed by atoms with E-state index in [0.29, 0.717) is 0 Å². The Labute approximate surface area is 35.4 Å². The minimum atomic E-state index is 0.750. The van der Waals surface area contributed by atoms with E-state index < -0.39 is 0 Å². The molecule has 0 aromatic carbocycles. The number of nitrogens with one attached hydrogen (secondary N) is 2. The predicted octanol–water partition coefficient (Wildman–Crippen LogP) is -2.26. The first-order chi connectivity index (χ1) is 2.91. The normalized spacial score (nSPS) is 14.0. The third-order valence-electron chi connectivity index (χ3n) is 0.144. The van der Waals surface area contributed by atoms with Crippen LogP contribution in [0.5, 0.6) is 0 Å². The fourth-order valence-electron chi connectivity index (χ4n) is 0. The first-order valence-corrected chi connectivity index (χ1v) is 1.40. The Morgan fingerprint density at radius 1 is 2.00 bits per heavy atom. The maximum absolute atomic E-state index is 8.57. The number of hydroxylamine groups is 1. The minimum absolute atomic E-state index is 0.750. The van der Waals surface area contributed by atoms with E-state index in [9.17, 15) is 0 Å². The first kappa shape index (κ1) is 5.39. The highest BCUT2D eigenvalue weighted by Gasteiger charge is 1.91. The summed E-state index contributed by atoms with van der Waals surface area (Å²) < 4.78 is 0. The van der Waals surface area contributed by atoms with Crippen molar-refractivity contribution in [3.63, 3.8) is 0 Å². The maximum Gasteiger partial charge on any atom is 0.141 e. The first-order valence-electron chi connectivity index (χ1n) is 1.40. The van der Waals surface area contributed by atoms with Crippen LogP contribution < -0.4 is 10.6 Å². The molecule has 1 heterocycles. The highest BCUT2D eigenvalue weighted by Crippen LogP contribution is 1.70. The lowest BCUT2D eigenvalue weighted by Gasteiger charge is -1.58. The molecule has 0 bridgehead atoms. The van der Waals surface area contributed by atoms with Gasteiger partial charge in [0.05, 0.1) is 0 Å². The summed E-state index contributed by atoms with van der Waals surface area (Å²) in [5.41, 5.74) is 2.50. The van der Waals surface area contributed by atoms with Gasteiger partial charge in [-0.2, -0.15) is 5.48 Å². The molecule has 0 unspecified atom stereocenters. The number of hydrogen-bond acceptors (Lipinski definition) is 3. The molecule has 1 aliphatic heterocycles. The molecule has 1 aliphatic rings. The van der Waals surface area contributed by atoms with Crippen molar-refractivity contribution in [2.24, 2.45) is 0 Å². The molecule has 4 nitrogen and oxygen atoms in total. The minimum Gasteiger partial charge on any atom is -0.626 e. The molecular weight excluding hydrogens is 84.0 g/mol. The van der Waals surface area contributed by atoms with Crippen LogP contribution in [0.3, 0.4) is 0 Å². The van der Waals surface area contributed by atoms with Crippen LogP contribution in [0.4, 0.5) is 0 Å². The predicted molar refractivity (Wildman–Crippen MR) is 20.5 cm³/mol. The van der Waals surface area contributed by atoms with Gasteiger partial charge in [0.25, 0.3) is 0 Å². The Morgan fingerprint density at radius 3 is 2.17 bits per heavy atom. The molecule has 0 atom stereocenters. The Morgan fingerprint density at radius 2 is 2.17 bits per heavy atom. The lowest BCUT2D eigenvalue weighted by atomic mass is 11.5. The van der Waals surface area contributed by atoms with Gasteiger partial charge in [-0.05, 0) is 0 Å². The maximum atomic E-state index is 8.57. The zero-order chi connectivity index (χ0) is 4.83. The van der Waals surface area contributed by atoms with E-state index in [0.717, 1.165) is 6.73 Å². The van der Waals surface area contributed by atoms with Crippen LogP contribution in [0, 0.1) is 5.21 Å². The van der Waals surface area contributed by atoms with E-state index in [-0.39, 0.29) is 0 Å². The number of hydrogen-bond donors (Lipinski definition) is 2. The quantitative estimate of drug-likeness (QED) is 0.153. The van der Waals surface area contributed by atoms with Crippen LogP contribution in [0.15, 0.2) is 0 Å². The van der Waals surface area contributed by atoms with Crippen LogP contribution in [0.2, 0.25) is 0 Å². The van der Waals surface area contributed by atoms with Gasteiger partial charge in [0, 0.05) is 0 Å². The molecular formula is C2H6N2O2. The topological polar surface area (TPSA) is 71.5 Å². The summed E-state index contributed by atoms with van der Waals surface area (Å²) in [7, 11) is 0. The van der Waals surface area contributed by atoms with Gasteiger partial charge in [-0.15, -0.1) is 0 Å². The Bertz CT molecular complexity index is 33.8. The van der Waals surface area contributed by atoms with Crippen molar-refractivity contribution < 1.29 is 9.99 Å². The zero-order valence-electron chi connectivity index (χ0n) is 3.23. The summed E-state index contributed by atoms with van der Waals surface area (Å²) >= 11 is 0. The number of rotatable bonds is 0. The summed E-state index contributed by atoms with van der Waals surface area (Å²) in [4.78, 5) is 4.25. The average molecular weight is 90.1 g/mol. The monoisotopic (exact) mass is 90.0 g/mol. The largest absolute Gasteiger partial charge is 0.626 e. The molecule has 0 radical (unpaired) electrons. The van der Waals surface area contributed by atoms with Crippen LogP contribution >= 0.6 is 0 Å². The van der Waals surface area contributed by atoms with Crippen LogP contribution in [-0.4, -0.2) is 13.4 Å². The molecule has 1 saturated heterocycles. The zero-order valence-corrected chi connectivity index (χ0v) is 3.23. The Hall–Kier alpha value is -0.610. The van der Waals surface area contributed by atoms with E-state index in [1.807, 2.05) is 0 Å². The van der Waals surface area contributed by atoms with E-state index in [2.05, 4.69) is 17.0 Å². The van der Waals surface area contributed by atoms with Gasteiger partial charge >= 0.3 is 0 Å². The third-order valence-corrected chi connectivity index (χ3v) is 0.144. The van der Waals surface area contributed by atoms with Gasteiger partial charge in [0.15, 0.2) is 0 Å². The van der Waals surface area contributed by atoms with Gasteiger partial charge in [-0.1, -0.05) is 0 Å². The molecule has 0 saturated carbocycles. The second kappa shape index (κ2) is 4.39. The second-order valence-corrected chi connectivity index (χ2v) is 0.577. The van der Waals surface area contributed by atoms with E-state index in [1.54, 1.807) is 0 Å². The highest BCUT2D eigenvalue weighted by molar-refractivity contribution is 5.12. The van der Waals surface area contributed by atoms with Gasteiger partial charge < -0.3 is 5.21 Å². The smallest absolute Gasteiger partial charge is 0.141 e. The molecule has 2 N–H and O–H groups in total. The molecule has 0 spiro atoms. The lowest BCUT2D eigenvalue weighted by molar-refractivity contribution is -0.361. The molecule has 1 fully saturated rings. The van der Waals surface area contributed by atoms with Crippen molar-refractivity contribution in [1.29, 1.82) is 0 Å². The van der Waals surface area contributed by atoms with Crippen molar-refractivity contribution in [1.82, 2.24) is 5.48 Å². The fourth-order valence-corrected chi connectivity index (χ4v) is 0. The van der Waals surface area contributed by atoms with Gasteiger partial charge in [0.1, 0.15) is 13.4 Å². The summed E-state index contributed by atoms with van der Waals surface area (Å²) in [5.74, 6) is 0. The molecule has 0 amide bonds. The average Bonchev–Trinajstić information content (AvgIpc) is 2.11. The summed E-state index contributed by atoms with van der Waals surface area (Å²) in [6, 6.07) is 0. The molecule has 0 aromatic rings. The van der Waals surface area contributed by atoms with Crippen molar-refractivity contribution in [3.8, 4) is 0 Å². The molecule has 0 aliphatic carbocycles. The van der Waals surface area contributed by atoms with E-state index in [1.165, 1.54) is 5.16 Å². The van der Waals surface area contributed by atoms with Crippen LogP contribution in [-0.2, 0) is 4.84 Å². The molecule has 1 rings (SSSR count). The lowest BCUT2D eigenvalue weighted by Crippen LogP contribution is -2.56. The highest BCUT2D eigenvalue weighted by atomic mass is 16.8. The molecule has 0 aromatic heterocycles. The van der Waals surface area contributed by atoms with E-state index >= 15 is 0 Å².